The van der Waals surface area contributed by atoms with Gasteiger partial charge in [-0.1, -0.05) is 25.1 Å². The van der Waals surface area contributed by atoms with Gasteiger partial charge in [0.1, 0.15) is 0 Å². The van der Waals surface area contributed by atoms with Gasteiger partial charge in [-0.05, 0) is 35.7 Å². The fourth-order valence-corrected chi connectivity index (χ4v) is 3.09. The molecule has 6 nitrogen and oxygen atoms in total. The molecule has 0 bridgehead atoms. The van der Waals surface area contributed by atoms with Crippen LogP contribution in [-0.4, -0.2) is 18.5 Å². The smallest absolute Gasteiger partial charge is 0.312 e. The van der Waals surface area contributed by atoms with Crippen molar-refractivity contribution in [3.8, 4) is 0 Å². The van der Waals surface area contributed by atoms with E-state index in [4.69, 9.17) is 5.73 Å². The predicted molar refractivity (Wildman–Crippen MR) is 104 cm³/mol. The Morgan fingerprint density at radius 2 is 2.04 bits per heavy atom. The van der Waals surface area contributed by atoms with Crippen LogP contribution in [0.15, 0.2) is 41.8 Å². The van der Waals surface area contributed by atoms with Crippen LogP contribution in [0.5, 0.6) is 0 Å². The molecule has 0 saturated heterocycles. The molecule has 1 atom stereocenters. The number of urea groups is 1. The molecule has 1 heterocycles. The van der Waals surface area contributed by atoms with E-state index in [2.05, 4.69) is 16.0 Å². The maximum atomic E-state index is 12.3. The fraction of sp³-hybridized carbons (Fsp3) is 0.294. The number of nitrogens with two attached hydrogens (primary N) is 1. The van der Waals surface area contributed by atoms with Crippen LogP contribution in [0.3, 0.4) is 0 Å². The van der Waals surface area contributed by atoms with E-state index in [1.165, 1.54) is 11.3 Å². The molecular formula is C17H23ClN4O2S. The molecule has 5 N–H and O–H groups in total. The van der Waals surface area contributed by atoms with Gasteiger partial charge >= 0.3 is 6.03 Å². The minimum Gasteiger partial charge on any atom is -0.352 e. The number of hydrogen-bond donors (Lipinski definition) is 4. The minimum atomic E-state index is -0.645. The van der Waals surface area contributed by atoms with E-state index in [0.717, 1.165) is 29.2 Å². The molecule has 2 aromatic rings. The van der Waals surface area contributed by atoms with Gasteiger partial charge in [0.15, 0.2) is 0 Å². The first-order valence-corrected chi connectivity index (χ1v) is 8.65. The number of thiophene rings is 1. The zero-order valence-corrected chi connectivity index (χ0v) is 15.6. The molecule has 25 heavy (non-hydrogen) atoms. The first kappa shape index (κ1) is 21.0. The number of halogens is 1. The van der Waals surface area contributed by atoms with Crippen molar-refractivity contribution < 1.29 is 9.59 Å². The maximum Gasteiger partial charge on any atom is 0.312 e. The molecule has 0 fully saturated rings. The molecule has 0 saturated carbocycles. The van der Waals surface area contributed by atoms with E-state index in [1.54, 1.807) is 0 Å². The van der Waals surface area contributed by atoms with Crippen LogP contribution in [0.1, 0.15) is 29.8 Å². The van der Waals surface area contributed by atoms with Crippen molar-refractivity contribution >= 4 is 41.4 Å². The monoisotopic (exact) mass is 382 g/mol. The number of nitrogens with one attached hydrogen (secondary N) is 3. The first-order chi connectivity index (χ1) is 11.6. The van der Waals surface area contributed by atoms with E-state index >= 15 is 0 Å². The summed E-state index contributed by atoms with van der Waals surface area (Å²) in [5.74, 6) is -0.178. The zero-order valence-electron chi connectivity index (χ0n) is 14.0. The van der Waals surface area contributed by atoms with Gasteiger partial charge in [-0.3, -0.25) is 4.79 Å². The lowest BCUT2D eigenvalue weighted by Gasteiger charge is -2.16. The van der Waals surface area contributed by atoms with Crippen LogP contribution < -0.4 is 21.7 Å². The Morgan fingerprint density at radius 3 is 2.68 bits per heavy atom. The highest BCUT2D eigenvalue weighted by Crippen LogP contribution is 2.22. The number of carbonyl (C=O) groups excluding carboxylic acids is 2. The Balaban J connectivity index is 0.00000312. The highest BCUT2D eigenvalue weighted by Gasteiger charge is 2.18. The van der Waals surface area contributed by atoms with Crippen molar-refractivity contribution in [2.75, 3.05) is 11.9 Å². The van der Waals surface area contributed by atoms with Crippen LogP contribution in [0.2, 0.25) is 0 Å². The van der Waals surface area contributed by atoms with E-state index in [-0.39, 0.29) is 24.7 Å². The molecule has 0 aliphatic heterocycles. The average molecular weight is 383 g/mol. The summed E-state index contributed by atoms with van der Waals surface area (Å²) < 4.78 is 0. The van der Waals surface area contributed by atoms with Crippen molar-refractivity contribution in [1.82, 2.24) is 10.6 Å². The second kappa shape index (κ2) is 10.7. The molecule has 1 unspecified atom stereocenters. The molecule has 0 radical (unpaired) electrons. The van der Waals surface area contributed by atoms with Crippen LogP contribution in [0.4, 0.5) is 10.5 Å². The second-order valence-corrected chi connectivity index (χ2v) is 6.29. The summed E-state index contributed by atoms with van der Waals surface area (Å²) in [5, 5.41) is 10.6. The van der Waals surface area contributed by atoms with Crippen molar-refractivity contribution in [1.29, 1.82) is 0 Å². The van der Waals surface area contributed by atoms with Crippen LogP contribution in [0, 0.1) is 0 Å². The van der Waals surface area contributed by atoms with E-state index < -0.39 is 12.1 Å². The lowest BCUT2D eigenvalue weighted by atomic mass is 10.1. The molecule has 1 aromatic carbocycles. The summed E-state index contributed by atoms with van der Waals surface area (Å²) in [6.45, 7) is 3.68. The third-order valence-corrected chi connectivity index (χ3v) is 4.37. The van der Waals surface area contributed by atoms with Crippen LogP contribution >= 0.6 is 23.7 Å². The number of primary amides is 1. The summed E-state index contributed by atoms with van der Waals surface area (Å²) in [6, 6.07) is 10.4. The third-order valence-electron chi connectivity index (χ3n) is 3.38. The molecule has 136 valence electrons. The number of benzene rings is 1. The van der Waals surface area contributed by atoms with Gasteiger partial charge in [-0.25, -0.2) is 4.79 Å². The molecule has 3 amide bonds. The number of anilines is 1. The van der Waals surface area contributed by atoms with Gasteiger partial charge in [-0.2, -0.15) is 0 Å². The predicted octanol–water partition coefficient (Wildman–Crippen LogP) is 3.02. The van der Waals surface area contributed by atoms with Gasteiger partial charge in [0.2, 0.25) is 5.91 Å². The molecule has 8 heteroatoms. The molecule has 2 rings (SSSR count). The lowest BCUT2D eigenvalue weighted by molar-refractivity contribution is -0.116. The first-order valence-electron chi connectivity index (χ1n) is 7.77. The van der Waals surface area contributed by atoms with Gasteiger partial charge < -0.3 is 21.7 Å². The molecule has 0 aliphatic carbocycles. The Kier molecular flexibility index (Phi) is 8.98. The SMILES string of the molecule is CCNCc1cccc(NC(=O)CC(NC(N)=O)c2cccs2)c1.Cl. The molecular weight excluding hydrogens is 360 g/mol. The Bertz CT molecular complexity index is 679. The van der Waals surface area contributed by atoms with E-state index in [9.17, 15) is 9.59 Å². The number of hydrogen-bond acceptors (Lipinski definition) is 4. The molecule has 0 aliphatic rings. The largest absolute Gasteiger partial charge is 0.352 e. The van der Waals surface area contributed by atoms with E-state index in [0.29, 0.717) is 0 Å². The molecule has 0 spiro atoms. The lowest BCUT2D eigenvalue weighted by Crippen LogP contribution is -2.34. The molecule has 1 aromatic heterocycles. The summed E-state index contributed by atoms with van der Waals surface area (Å²) in [6.07, 6.45) is 0.126. The second-order valence-electron chi connectivity index (χ2n) is 5.31. The zero-order chi connectivity index (χ0) is 17.4. The number of rotatable bonds is 8. The fourth-order valence-electron chi connectivity index (χ4n) is 2.31. The van der Waals surface area contributed by atoms with Crippen molar-refractivity contribution in [3.05, 3.63) is 52.2 Å². The average Bonchev–Trinajstić information content (AvgIpc) is 3.06. The van der Waals surface area contributed by atoms with Gasteiger partial charge in [-0.15, -0.1) is 23.7 Å². The summed E-state index contributed by atoms with van der Waals surface area (Å²) >= 11 is 1.47. The van der Waals surface area contributed by atoms with Crippen LogP contribution in [0.25, 0.3) is 0 Å². The highest BCUT2D eigenvalue weighted by molar-refractivity contribution is 7.10. The van der Waals surface area contributed by atoms with Gasteiger partial charge in [0, 0.05) is 17.1 Å². The van der Waals surface area contributed by atoms with E-state index in [1.807, 2.05) is 48.7 Å². The van der Waals surface area contributed by atoms with Crippen molar-refractivity contribution in [3.63, 3.8) is 0 Å². The van der Waals surface area contributed by atoms with Gasteiger partial charge in [0.05, 0.1) is 12.5 Å². The maximum absolute atomic E-state index is 12.3. The van der Waals surface area contributed by atoms with Gasteiger partial charge in [0.25, 0.3) is 0 Å². The quantitative estimate of drug-likeness (QED) is 0.565. The third kappa shape index (κ3) is 7.13. The number of amides is 3. The summed E-state index contributed by atoms with van der Waals surface area (Å²) in [7, 11) is 0. The topological polar surface area (TPSA) is 96.2 Å². The minimum absolute atomic E-state index is 0. The Labute approximate surface area is 157 Å². The van der Waals surface area contributed by atoms with Crippen molar-refractivity contribution in [2.24, 2.45) is 5.73 Å². The summed E-state index contributed by atoms with van der Waals surface area (Å²) in [5.41, 5.74) is 7.04. The Hall–Kier alpha value is -2.09. The standard InChI is InChI=1S/C17H22N4O2S.ClH/c1-2-19-11-12-5-3-6-13(9-12)20-16(22)10-14(21-17(18)23)15-7-4-8-24-15;/h3-9,14,19H,2,10-11H2,1H3,(H,20,22)(H3,18,21,23);1H. The summed E-state index contributed by atoms with van der Waals surface area (Å²) in [4.78, 5) is 24.4. The Morgan fingerprint density at radius 1 is 1.24 bits per heavy atom. The highest BCUT2D eigenvalue weighted by atomic mass is 35.5. The van der Waals surface area contributed by atoms with Crippen molar-refractivity contribution in [2.45, 2.75) is 25.9 Å². The normalized spacial score (nSPS) is 11.2. The number of carbonyl (C=O) groups is 2. The van der Waals surface area contributed by atoms with Crippen LogP contribution in [-0.2, 0) is 11.3 Å².